The summed E-state index contributed by atoms with van der Waals surface area (Å²) >= 11 is 5.43. The van der Waals surface area contributed by atoms with Crippen LogP contribution in [0.15, 0.2) is 48.5 Å². The van der Waals surface area contributed by atoms with Crippen LogP contribution in [0, 0.1) is 0 Å². The first-order chi connectivity index (χ1) is 12.4. The first-order valence-corrected chi connectivity index (χ1v) is 8.88. The van der Waals surface area contributed by atoms with Crippen LogP contribution in [0.2, 0.25) is 0 Å². The third-order valence-electron chi connectivity index (χ3n) is 4.03. The van der Waals surface area contributed by atoms with Crippen molar-refractivity contribution >= 4 is 28.9 Å². The maximum atomic E-state index is 11.9. The first kappa shape index (κ1) is 19.7. The van der Waals surface area contributed by atoms with Gasteiger partial charge in [-0.3, -0.25) is 4.79 Å². The summed E-state index contributed by atoms with van der Waals surface area (Å²) < 4.78 is 5.20. The Hall–Kier alpha value is -2.60. The van der Waals surface area contributed by atoms with Crippen molar-refractivity contribution in [2.24, 2.45) is 0 Å². The minimum atomic E-state index is -0.0252. The number of rotatable bonds is 6. The van der Waals surface area contributed by atoms with Crippen LogP contribution in [-0.4, -0.2) is 37.1 Å². The van der Waals surface area contributed by atoms with E-state index in [1.165, 1.54) is 0 Å². The Morgan fingerprint density at radius 1 is 1.12 bits per heavy atom. The molecule has 0 fully saturated rings. The maximum absolute atomic E-state index is 11.9. The van der Waals surface area contributed by atoms with E-state index in [1.54, 1.807) is 38.2 Å². The quantitative estimate of drug-likeness (QED) is 0.756. The van der Waals surface area contributed by atoms with Crippen molar-refractivity contribution in [2.75, 3.05) is 26.5 Å². The second kappa shape index (κ2) is 9.20. The normalized spacial score (nSPS) is 11.4. The molecule has 0 aliphatic carbocycles. The molecular formula is C20H25N3O2S. The summed E-state index contributed by atoms with van der Waals surface area (Å²) in [6.45, 7) is 2.10. The Kier molecular flexibility index (Phi) is 6.97. The Morgan fingerprint density at radius 3 is 2.23 bits per heavy atom. The highest BCUT2D eigenvalue weighted by molar-refractivity contribution is 7.80. The number of thiocarbonyl (C=S) groups is 1. The Labute approximate surface area is 160 Å². The number of hydrogen-bond acceptors (Lipinski definition) is 3. The predicted molar refractivity (Wildman–Crippen MR) is 110 cm³/mol. The molecule has 0 radical (unpaired) electrons. The van der Waals surface area contributed by atoms with Gasteiger partial charge in [0.05, 0.1) is 13.2 Å². The minimum absolute atomic E-state index is 0.0252. The van der Waals surface area contributed by atoms with Crippen molar-refractivity contribution in [3.8, 4) is 5.75 Å². The maximum Gasteiger partial charge on any atom is 0.253 e. The topological polar surface area (TPSA) is 53.6 Å². The lowest BCUT2D eigenvalue weighted by Gasteiger charge is -2.20. The molecule has 2 aromatic carbocycles. The lowest BCUT2D eigenvalue weighted by Crippen LogP contribution is -2.32. The van der Waals surface area contributed by atoms with Crippen LogP contribution in [0.25, 0.3) is 0 Å². The van der Waals surface area contributed by atoms with E-state index in [1.807, 2.05) is 36.4 Å². The van der Waals surface area contributed by atoms with Gasteiger partial charge in [-0.2, -0.15) is 0 Å². The number of amides is 1. The van der Waals surface area contributed by atoms with Crippen molar-refractivity contribution in [3.05, 3.63) is 59.7 Å². The van der Waals surface area contributed by atoms with Gasteiger partial charge in [-0.15, -0.1) is 0 Å². The number of hydrogen-bond donors (Lipinski definition) is 2. The monoisotopic (exact) mass is 371 g/mol. The Morgan fingerprint density at radius 2 is 1.73 bits per heavy atom. The van der Waals surface area contributed by atoms with Crippen LogP contribution in [0.3, 0.4) is 0 Å². The van der Waals surface area contributed by atoms with Crippen molar-refractivity contribution in [1.82, 2.24) is 10.2 Å². The molecule has 2 N–H and O–H groups in total. The van der Waals surface area contributed by atoms with E-state index in [0.717, 1.165) is 23.4 Å². The van der Waals surface area contributed by atoms with Gasteiger partial charge in [-0.1, -0.05) is 19.1 Å². The zero-order valence-electron chi connectivity index (χ0n) is 15.6. The average Bonchev–Trinajstić information content (AvgIpc) is 2.66. The molecule has 2 aromatic rings. The molecule has 0 spiro atoms. The van der Waals surface area contributed by atoms with Gasteiger partial charge in [-0.25, -0.2) is 0 Å². The zero-order chi connectivity index (χ0) is 19.1. The van der Waals surface area contributed by atoms with Crippen LogP contribution >= 0.6 is 12.2 Å². The molecule has 0 saturated carbocycles. The summed E-state index contributed by atoms with van der Waals surface area (Å²) in [4.78, 5) is 13.5. The minimum Gasteiger partial charge on any atom is -0.497 e. The highest BCUT2D eigenvalue weighted by Gasteiger charge is 2.12. The molecule has 0 saturated heterocycles. The number of carbonyl (C=O) groups excluding carboxylic acids is 1. The molecule has 0 aliphatic rings. The number of benzene rings is 2. The van der Waals surface area contributed by atoms with Crippen LogP contribution in [0.1, 0.15) is 35.3 Å². The SMILES string of the molecule is CCC(NC(=S)Nc1ccc(C(=O)N(C)C)cc1)c1ccc(OC)cc1. The summed E-state index contributed by atoms with van der Waals surface area (Å²) in [6.07, 6.45) is 0.893. The molecule has 1 amide bonds. The highest BCUT2D eigenvalue weighted by Crippen LogP contribution is 2.20. The van der Waals surface area contributed by atoms with Gasteiger partial charge in [0.25, 0.3) is 5.91 Å². The van der Waals surface area contributed by atoms with Gasteiger partial charge in [0.2, 0.25) is 0 Å². The van der Waals surface area contributed by atoms with Crippen molar-refractivity contribution in [1.29, 1.82) is 0 Å². The molecule has 1 unspecified atom stereocenters. The number of anilines is 1. The summed E-state index contributed by atoms with van der Waals surface area (Å²) in [5.41, 5.74) is 2.62. The van der Waals surface area contributed by atoms with E-state index in [9.17, 15) is 4.79 Å². The molecule has 5 nitrogen and oxygen atoms in total. The standard InChI is InChI=1S/C20H25N3O2S/c1-5-18(14-8-12-17(25-4)13-9-14)22-20(26)21-16-10-6-15(7-11-16)19(24)23(2)3/h6-13,18H,5H2,1-4H3,(H2,21,22,26). The van der Waals surface area contributed by atoms with Crippen molar-refractivity contribution < 1.29 is 9.53 Å². The van der Waals surface area contributed by atoms with Crippen molar-refractivity contribution in [2.45, 2.75) is 19.4 Å². The molecule has 0 bridgehead atoms. The predicted octanol–water partition coefficient (Wildman–Crippen LogP) is 3.83. The summed E-state index contributed by atoms with van der Waals surface area (Å²) in [5, 5.41) is 7.04. The third-order valence-corrected chi connectivity index (χ3v) is 4.25. The van der Waals surface area contributed by atoms with Crippen LogP contribution < -0.4 is 15.4 Å². The molecule has 26 heavy (non-hydrogen) atoms. The van der Waals surface area contributed by atoms with Gasteiger partial charge in [0.15, 0.2) is 5.11 Å². The van der Waals surface area contributed by atoms with Gasteiger partial charge in [0.1, 0.15) is 5.75 Å². The fourth-order valence-corrected chi connectivity index (χ4v) is 2.80. The number of carbonyl (C=O) groups is 1. The van der Waals surface area contributed by atoms with Gasteiger partial charge < -0.3 is 20.3 Å². The third kappa shape index (κ3) is 5.20. The first-order valence-electron chi connectivity index (χ1n) is 8.47. The fourth-order valence-electron chi connectivity index (χ4n) is 2.54. The van der Waals surface area contributed by atoms with Crippen LogP contribution in [0.4, 0.5) is 5.69 Å². The fraction of sp³-hybridized carbons (Fsp3) is 0.300. The summed E-state index contributed by atoms with van der Waals surface area (Å²) in [5.74, 6) is 0.805. The van der Waals surface area contributed by atoms with Crippen LogP contribution in [-0.2, 0) is 0 Å². The summed E-state index contributed by atoms with van der Waals surface area (Å²) in [7, 11) is 5.12. The van der Waals surface area contributed by atoms with Crippen molar-refractivity contribution in [3.63, 3.8) is 0 Å². The number of methoxy groups -OCH3 is 1. The second-order valence-electron chi connectivity index (χ2n) is 6.11. The van der Waals surface area contributed by atoms with E-state index >= 15 is 0 Å². The zero-order valence-corrected chi connectivity index (χ0v) is 16.4. The smallest absolute Gasteiger partial charge is 0.253 e. The molecule has 0 aromatic heterocycles. The molecule has 1 atom stereocenters. The van der Waals surface area contributed by atoms with Gasteiger partial charge in [0, 0.05) is 25.3 Å². The van der Waals surface area contributed by atoms with E-state index in [4.69, 9.17) is 17.0 Å². The average molecular weight is 372 g/mol. The number of nitrogens with one attached hydrogen (secondary N) is 2. The molecule has 0 aliphatic heterocycles. The van der Waals surface area contributed by atoms with Crippen LogP contribution in [0.5, 0.6) is 5.75 Å². The number of ether oxygens (including phenoxy) is 1. The largest absolute Gasteiger partial charge is 0.497 e. The summed E-state index contributed by atoms with van der Waals surface area (Å²) in [6, 6.07) is 15.3. The highest BCUT2D eigenvalue weighted by atomic mass is 32.1. The van der Waals surface area contributed by atoms with Gasteiger partial charge in [-0.05, 0) is 60.6 Å². The number of nitrogens with zero attached hydrogens (tertiary/aromatic N) is 1. The molecule has 6 heteroatoms. The van der Waals surface area contributed by atoms with E-state index in [-0.39, 0.29) is 11.9 Å². The van der Waals surface area contributed by atoms with Gasteiger partial charge >= 0.3 is 0 Å². The van der Waals surface area contributed by atoms with E-state index < -0.39 is 0 Å². The lowest BCUT2D eigenvalue weighted by atomic mass is 10.0. The second-order valence-corrected chi connectivity index (χ2v) is 6.52. The van der Waals surface area contributed by atoms with E-state index in [0.29, 0.717) is 10.7 Å². The van der Waals surface area contributed by atoms with E-state index in [2.05, 4.69) is 17.6 Å². The Bertz CT molecular complexity index is 743. The molecular weight excluding hydrogens is 346 g/mol. The Balaban J connectivity index is 1.98. The molecule has 2 rings (SSSR count). The molecule has 138 valence electrons. The molecule has 0 heterocycles. The lowest BCUT2D eigenvalue weighted by molar-refractivity contribution is 0.0827.